The molecule has 10 heteroatoms. The molecule has 156 valence electrons. The van der Waals surface area contributed by atoms with E-state index in [1.165, 1.54) is 23.1 Å². The lowest BCUT2D eigenvalue weighted by Gasteiger charge is -2.41. The third kappa shape index (κ3) is 4.89. The van der Waals surface area contributed by atoms with Gasteiger partial charge in [0.2, 0.25) is 17.7 Å². The van der Waals surface area contributed by atoms with Crippen LogP contribution in [0.15, 0.2) is 24.5 Å². The lowest BCUT2D eigenvalue weighted by atomic mass is 10.0. The van der Waals surface area contributed by atoms with Crippen molar-refractivity contribution in [3.8, 4) is 0 Å². The zero-order chi connectivity index (χ0) is 20.8. The minimum absolute atomic E-state index is 0.0311. The fourth-order valence-corrected chi connectivity index (χ4v) is 3.55. The zero-order valence-electron chi connectivity index (χ0n) is 16.3. The van der Waals surface area contributed by atoms with E-state index in [1.54, 1.807) is 18.3 Å². The lowest BCUT2D eigenvalue weighted by molar-refractivity contribution is -0.146. The number of aromatic nitrogens is 1. The number of piperidine rings is 1. The van der Waals surface area contributed by atoms with Crippen molar-refractivity contribution in [3.05, 3.63) is 30.1 Å². The highest BCUT2D eigenvalue weighted by Gasteiger charge is 2.38. The number of ether oxygens (including phenoxy) is 1. The van der Waals surface area contributed by atoms with Crippen molar-refractivity contribution < 1.29 is 23.9 Å². The Balaban J connectivity index is 1.75. The molecular weight excluding hydrogens is 378 g/mol. The molecule has 2 N–H and O–H groups in total. The molecule has 0 radical (unpaired) electrons. The summed E-state index contributed by atoms with van der Waals surface area (Å²) in [6.07, 6.45) is 4.34. The monoisotopic (exact) mass is 403 g/mol. The van der Waals surface area contributed by atoms with Crippen LogP contribution in [0.3, 0.4) is 0 Å². The number of hydrogen-bond acceptors (Lipinski definition) is 6. The maximum Gasteiger partial charge on any atom is 0.255 e. The number of hydrogen-bond donors (Lipinski definition) is 2. The van der Waals surface area contributed by atoms with E-state index in [1.807, 2.05) is 0 Å². The van der Waals surface area contributed by atoms with Crippen molar-refractivity contribution in [3.63, 3.8) is 0 Å². The van der Waals surface area contributed by atoms with E-state index < -0.39 is 18.0 Å². The first-order valence-electron chi connectivity index (χ1n) is 9.57. The number of carbonyl (C=O) groups excluding carboxylic acids is 4. The van der Waals surface area contributed by atoms with E-state index in [4.69, 9.17) is 4.74 Å². The summed E-state index contributed by atoms with van der Waals surface area (Å²) in [5.74, 6) is -1.29. The summed E-state index contributed by atoms with van der Waals surface area (Å²) in [5.41, 5.74) is 0.412. The summed E-state index contributed by atoms with van der Waals surface area (Å²) >= 11 is 0. The average molecular weight is 403 g/mol. The Bertz CT molecular complexity index is 772. The topological polar surface area (TPSA) is 121 Å². The SMILES string of the molecule is COCC(=O)N1CCN(C(=O)c2cccnc2)C[C@H]1C(=O)N[C@@H]1CCCNC1=O. The highest BCUT2D eigenvalue weighted by Crippen LogP contribution is 2.15. The van der Waals surface area contributed by atoms with Crippen molar-refractivity contribution in [1.82, 2.24) is 25.4 Å². The van der Waals surface area contributed by atoms with Gasteiger partial charge in [-0.25, -0.2) is 0 Å². The van der Waals surface area contributed by atoms with Crippen LogP contribution in [0.2, 0.25) is 0 Å². The second-order valence-corrected chi connectivity index (χ2v) is 7.02. The average Bonchev–Trinajstić information content (AvgIpc) is 2.75. The number of carbonyl (C=O) groups is 4. The maximum atomic E-state index is 13.0. The van der Waals surface area contributed by atoms with Crippen LogP contribution in [0.5, 0.6) is 0 Å². The summed E-state index contributed by atoms with van der Waals surface area (Å²) in [6, 6.07) is 1.78. The van der Waals surface area contributed by atoms with Gasteiger partial charge in [0.1, 0.15) is 18.7 Å². The number of pyridine rings is 1. The van der Waals surface area contributed by atoms with Gasteiger partial charge in [-0.3, -0.25) is 24.2 Å². The van der Waals surface area contributed by atoms with Crippen molar-refractivity contribution in [2.75, 3.05) is 39.9 Å². The normalized spacial score (nSPS) is 22.0. The molecule has 3 heterocycles. The molecule has 10 nitrogen and oxygen atoms in total. The summed E-state index contributed by atoms with van der Waals surface area (Å²) in [6.45, 7) is 0.939. The molecule has 0 aliphatic carbocycles. The van der Waals surface area contributed by atoms with Crippen molar-refractivity contribution >= 4 is 23.6 Å². The molecule has 0 unspecified atom stereocenters. The molecule has 29 heavy (non-hydrogen) atoms. The number of nitrogens with one attached hydrogen (secondary N) is 2. The first kappa shape index (κ1) is 20.7. The van der Waals surface area contributed by atoms with Gasteiger partial charge in [-0.15, -0.1) is 0 Å². The number of methoxy groups -OCH3 is 1. The molecule has 4 amide bonds. The van der Waals surface area contributed by atoms with Crippen molar-refractivity contribution in [2.24, 2.45) is 0 Å². The predicted molar refractivity (Wildman–Crippen MR) is 102 cm³/mol. The summed E-state index contributed by atoms with van der Waals surface area (Å²) in [5, 5.41) is 5.45. The van der Waals surface area contributed by atoms with Gasteiger partial charge in [0.05, 0.1) is 12.1 Å². The molecule has 1 aromatic heterocycles. The van der Waals surface area contributed by atoms with Crippen LogP contribution < -0.4 is 10.6 Å². The summed E-state index contributed by atoms with van der Waals surface area (Å²) < 4.78 is 4.92. The number of rotatable bonds is 5. The van der Waals surface area contributed by atoms with E-state index in [0.717, 1.165) is 6.42 Å². The van der Waals surface area contributed by atoms with E-state index in [2.05, 4.69) is 15.6 Å². The highest BCUT2D eigenvalue weighted by atomic mass is 16.5. The van der Waals surface area contributed by atoms with Gasteiger partial charge in [-0.05, 0) is 25.0 Å². The maximum absolute atomic E-state index is 13.0. The molecule has 0 aromatic carbocycles. The Kier molecular flexibility index (Phi) is 6.76. The van der Waals surface area contributed by atoms with E-state index in [-0.39, 0.29) is 44.0 Å². The zero-order valence-corrected chi connectivity index (χ0v) is 16.3. The fraction of sp³-hybridized carbons (Fsp3) is 0.526. The van der Waals surface area contributed by atoms with Crippen LogP contribution in [0, 0.1) is 0 Å². The molecular formula is C19H25N5O5. The van der Waals surface area contributed by atoms with Gasteiger partial charge in [-0.1, -0.05) is 0 Å². The van der Waals surface area contributed by atoms with Crippen LogP contribution >= 0.6 is 0 Å². The second kappa shape index (κ2) is 9.46. The van der Waals surface area contributed by atoms with Gasteiger partial charge in [0, 0.05) is 39.1 Å². The smallest absolute Gasteiger partial charge is 0.255 e. The van der Waals surface area contributed by atoms with E-state index >= 15 is 0 Å². The molecule has 0 bridgehead atoms. The number of nitrogens with zero attached hydrogens (tertiary/aromatic N) is 3. The largest absolute Gasteiger partial charge is 0.375 e. The standard InChI is InChI=1S/C19H25N5O5/c1-29-12-16(25)24-9-8-23(19(28)13-4-2-6-20-10-13)11-15(24)18(27)22-14-5-3-7-21-17(14)26/h2,4,6,10,14-15H,3,5,7-9,11-12H2,1H3,(H,21,26)(H,22,27)/t14-,15+/m1/s1. The van der Waals surface area contributed by atoms with Gasteiger partial charge in [-0.2, -0.15) is 0 Å². The van der Waals surface area contributed by atoms with Crippen LogP contribution in [0.25, 0.3) is 0 Å². The highest BCUT2D eigenvalue weighted by molar-refractivity contribution is 5.96. The minimum atomic E-state index is -0.901. The predicted octanol–water partition coefficient (Wildman–Crippen LogP) is -1.22. The van der Waals surface area contributed by atoms with Gasteiger partial charge in [0.25, 0.3) is 5.91 Å². The molecule has 1 aromatic rings. The first-order valence-corrected chi connectivity index (χ1v) is 9.57. The van der Waals surface area contributed by atoms with Gasteiger partial charge < -0.3 is 25.2 Å². The molecule has 0 saturated carbocycles. The van der Waals surface area contributed by atoms with Crippen molar-refractivity contribution in [2.45, 2.75) is 24.9 Å². The Labute approximate surface area is 168 Å². The minimum Gasteiger partial charge on any atom is -0.375 e. The van der Waals surface area contributed by atoms with Gasteiger partial charge >= 0.3 is 0 Å². The number of piperazine rings is 1. The van der Waals surface area contributed by atoms with Crippen LogP contribution in [-0.2, 0) is 19.1 Å². The molecule has 2 fully saturated rings. The quantitative estimate of drug-likeness (QED) is 0.636. The Morgan fingerprint density at radius 1 is 1.34 bits per heavy atom. The Morgan fingerprint density at radius 3 is 2.86 bits per heavy atom. The van der Waals surface area contributed by atoms with Crippen molar-refractivity contribution in [1.29, 1.82) is 0 Å². The molecule has 0 spiro atoms. The molecule has 2 saturated heterocycles. The lowest BCUT2D eigenvalue weighted by Crippen LogP contribution is -2.64. The first-order chi connectivity index (χ1) is 14.0. The summed E-state index contributed by atoms with van der Waals surface area (Å²) in [4.78, 5) is 57.1. The van der Waals surface area contributed by atoms with Gasteiger partial charge in [0.15, 0.2) is 0 Å². The third-order valence-corrected chi connectivity index (χ3v) is 5.07. The van der Waals surface area contributed by atoms with E-state index in [9.17, 15) is 19.2 Å². The molecule has 3 rings (SSSR count). The molecule has 2 atom stereocenters. The fourth-order valence-electron chi connectivity index (χ4n) is 3.55. The van der Waals surface area contributed by atoms with Crippen LogP contribution in [-0.4, -0.2) is 90.4 Å². The second-order valence-electron chi connectivity index (χ2n) is 7.02. The van der Waals surface area contributed by atoms with Crippen LogP contribution in [0.1, 0.15) is 23.2 Å². The third-order valence-electron chi connectivity index (χ3n) is 5.07. The molecule has 2 aliphatic heterocycles. The Hall–Kier alpha value is -3.01. The molecule has 2 aliphatic rings. The van der Waals surface area contributed by atoms with E-state index in [0.29, 0.717) is 18.5 Å². The summed E-state index contributed by atoms with van der Waals surface area (Å²) in [7, 11) is 1.40. The Morgan fingerprint density at radius 2 is 2.17 bits per heavy atom. The number of amides is 4. The van der Waals surface area contributed by atoms with Crippen LogP contribution in [0.4, 0.5) is 0 Å².